The van der Waals surface area contributed by atoms with Crippen molar-refractivity contribution >= 4 is 15.9 Å². The molecule has 0 aliphatic carbocycles. The van der Waals surface area contributed by atoms with Crippen LogP contribution in [0.25, 0.3) is 0 Å². The maximum absolute atomic E-state index is 9.95. The Hall–Kier alpha value is -0.670. The van der Waals surface area contributed by atoms with Gasteiger partial charge < -0.3 is 5.11 Å². The van der Waals surface area contributed by atoms with Crippen molar-refractivity contribution in [3.05, 3.63) is 41.2 Å². The SMILES string of the molecule is C=CCCCCCC(O)c1ncccc1Br. The number of hydrogen-bond donors (Lipinski definition) is 1. The summed E-state index contributed by atoms with van der Waals surface area (Å²) in [6.45, 7) is 3.69. The Morgan fingerprint density at radius 2 is 2.25 bits per heavy atom. The third-order valence-electron chi connectivity index (χ3n) is 2.49. The summed E-state index contributed by atoms with van der Waals surface area (Å²) in [5.41, 5.74) is 0.742. The molecule has 1 unspecified atom stereocenters. The largest absolute Gasteiger partial charge is 0.387 e. The van der Waals surface area contributed by atoms with E-state index in [0.29, 0.717) is 0 Å². The lowest BCUT2D eigenvalue weighted by atomic mass is 10.1. The zero-order valence-electron chi connectivity index (χ0n) is 9.40. The van der Waals surface area contributed by atoms with E-state index in [1.807, 2.05) is 18.2 Å². The number of allylic oxidation sites excluding steroid dienone is 1. The van der Waals surface area contributed by atoms with E-state index < -0.39 is 6.10 Å². The number of rotatable bonds is 7. The third kappa shape index (κ3) is 4.45. The molecule has 0 aromatic carbocycles. The Kier molecular flexibility index (Phi) is 6.34. The molecule has 0 bridgehead atoms. The van der Waals surface area contributed by atoms with Gasteiger partial charge in [0.15, 0.2) is 0 Å². The maximum atomic E-state index is 9.95. The van der Waals surface area contributed by atoms with Crippen molar-refractivity contribution in [3.63, 3.8) is 0 Å². The number of aromatic nitrogens is 1. The van der Waals surface area contributed by atoms with Crippen molar-refractivity contribution in [1.29, 1.82) is 0 Å². The van der Waals surface area contributed by atoms with Crippen LogP contribution in [0, 0.1) is 0 Å². The smallest absolute Gasteiger partial charge is 0.0971 e. The number of unbranched alkanes of at least 4 members (excludes halogenated alkanes) is 3. The standard InChI is InChI=1S/C13H18BrNO/c1-2-3-4-5-6-9-12(16)13-11(14)8-7-10-15-13/h2,7-8,10,12,16H,1,3-6,9H2. The average Bonchev–Trinajstić information content (AvgIpc) is 2.29. The number of halogens is 1. The normalized spacial score (nSPS) is 12.4. The first-order valence-electron chi connectivity index (χ1n) is 5.65. The van der Waals surface area contributed by atoms with Gasteiger partial charge in [-0.05, 0) is 47.3 Å². The summed E-state index contributed by atoms with van der Waals surface area (Å²) in [6.07, 6.45) is 8.33. The molecular formula is C13H18BrNO. The summed E-state index contributed by atoms with van der Waals surface area (Å²) in [4.78, 5) is 4.18. The Balaban J connectivity index is 2.32. The minimum atomic E-state index is -0.459. The van der Waals surface area contributed by atoms with Gasteiger partial charge in [0.25, 0.3) is 0 Å². The highest BCUT2D eigenvalue weighted by atomic mass is 79.9. The predicted octanol–water partition coefficient (Wildman–Crippen LogP) is 4.01. The molecule has 1 heterocycles. The molecular weight excluding hydrogens is 266 g/mol. The quantitative estimate of drug-likeness (QED) is 0.606. The maximum Gasteiger partial charge on any atom is 0.0971 e. The van der Waals surface area contributed by atoms with Crippen LogP contribution in [-0.4, -0.2) is 10.1 Å². The Labute approximate surface area is 106 Å². The van der Waals surface area contributed by atoms with Crippen LogP contribution in [0.3, 0.4) is 0 Å². The van der Waals surface area contributed by atoms with Gasteiger partial charge in [0.05, 0.1) is 11.8 Å². The second kappa shape index (κ2) is 7.58. The second-order valence-corrected chi connectivity index (χ2v) is 4.67. The highest BCUT2D eigenvalue weighted by Crippen LogP contribution is 2.24. The highest BCUT2D eigenvalue weighted by Gasteiger charge is 2.11. The van der Waals surface area contributed by atoms with E-state index in [-0.39, 0.29) is 0 Å². The molecule has 0 aliphatic heterocycles. The van der Waals surface area contributed by atoms with E-state index in [1.54, 1.807) is 6.20 Å². The molecule has 0 aliphatic rings. The summed E-state index contributed by atoms with van der Waals surface area (Å²) in [5.74, 6) is 0. The summed E-state index contributed by atoms with van der Waals surface area (Å²) < 4.78 is 0.883. The van der Waals surface area contributed by atoms with E-state index in [9.17, 15) is 5.11 Å². The number of aliphatic hydroxyl groups excluding tert-OH is 1. The van der Waals surface area contributed by atoms with Crippen LogP contribution in [0.15, 0.2) is 35.5 Å². The van der Waals surface area contributed by atoms with Gasteiger partial charge in [0.2, 0.25) is 0 Å². The lowest BCUT2D eigenvalue weighted by molar-refractivity contribution is 0.158. The minimum absolute atomic E-state index is 0.459. The number of aliphatic hydroxyl groups is 1. The van der Waals surface area contributed by atoms with Gasteiger partial charge in [0, 0.05) is 10.7 Å². The molecule has 0 saturated heterocycles. The minimum Gasteiger partial charge on any atom is -0.387 e. The van der Waals surface area contributed by atoms with Gasteiger partial charge in [-0.15, -0.1) is 6.58 Å². The van der Waals surface area contributed by atoms with Crippen LogP contribution in [-0.2, 0) is 0 Å². The predicted molar refractivity (Wildman–Crippen MR) is 70.2 cm³/mol. The zero-order chi connectivity index (χ0) is 11.8. The number of nitrogens with zero attached hydrogens (tertiary/aromatic N) is 1. The fourth-order valence-corrected chi connectivity index (χ4v) is 2.10. The molecule has 16 heavy (non-hydrogen) atoms. The summed E-state index contributed by atoms with van der Waals surface area (Å²) >= 11 is 3.39. The molecule has 2 nitrogen and oxygen atoms in total. The van der Waals surface area contributed by atoms with Crippen LogP contribution >= 0.6 is 15.9 Å². The van der Waals surface area contributed by atoms with Gasteiger partial charge in [-0.3, -0.25) is 4.98 Å². The first kappa shape index (κ1) is 13.4. The van der Waals surface area contributed by atoms with Gasteiger partial charge in [0.1, 0.15) is 0 Å². The summed E-state index contributed by atoms with van der Waals surface area (Å²) in [6, 6.07) is 3.76. The van der Waals surface area contributed by atoms with Crippen molar-refractivity contribution in [2.75, 3.05) is 0 Å². The molecule has 1 atom stereocenters. The van der Waals surface area contributed by atoms with Gasteiger partial charge in [-0.25, -0.2) is 0 Å². The molecule has 0 radical (unpaired) electrons. The van der Waals surface area contributed by atoms with Crippen molar-refractivity contribution < 1.29 is 5.11 Å². The van der Waals surface area contributed by atoms with Gasteiger partial charge in [-0.1, -0.05) is 18.9 Å². The molecule has 3 heteroatoms. The second-order valence-electron chi connectivity index (χ2n) is 3.81. The van der Waals surface area contributed by atoms with Crippen molar-refractivity contribution in [3.8, 4) is 0 Å². The Morgan fingerprint density at radius 3 is 2.94 bits per heavy atom. The van der Waals surface area contributed by atoms with Crippen molar-refractivity contribution in [1.82, 2.24) is 4.98 Å². The molecule has 0 spiro atoms. The van der Waals surface area contributed by atoms with E-state index in [4.69, 9.17) is 0 Å². The van der Waals surface area contributed by atoms with Crippen molar-refractivity contribution in [2.45, 2.75) is 38.2 Å². The summed E-state index contributed by atoms with van der Waals surface area (Å²) in [5, 5.41) is 9.95. The number of pyridine rings is 1. The fraction of sp³-hybridized carbons (Fsp3) is 0.462. The number of hydrogen-bond acceptors (Lipinski definition) is 2. The first-order valence-corrected chi connectivity index (χ1v) is 6.44. The van der Waals surface area contributed by atoms with Gasteiger partial charge in [-0.2, -0.15) is 0 Å². The molecule has 1 N–H and O–H groups in total. The molecule has 88 valence electrons. The van der Waals surface area contributed by atoms with Crippen LogP contribution < -0.4 is 0 Å². The molecule has 1 aromatic rings. The van der Waals surface area contributed by atoms with E-state index >= 15 is 0 Å². The van der Waals surface area contributed by atoms with Crippen LogP contribution in [0.4, 0.5) is 0 Å². The molecule has 0 amide bonds. The molecule has 0 saturated carbocycles. The van der Waals surface area contributed by atoms with Crippen LogP contribution in [0.2, 0.25) is 0 Å². The van der Waals surface area contributed by atoms with Crippen LogP contribution in [0.5, 0.6) is 0 Å². The van der Waals surface area contributed by atoms with Crippen LogP contribution in [0.1, 0.15) is 43.9 Å². The van der Waals surface area contributed by atoms with Crippen molar-refractivity contribution in [2.24, 2.45) is 0 Å². The zero-order valence-corrected chi connectivity index (χ0v) is 11.0. The molecule has 1 rings (SSSR count). The molecule has 1 aromatic heterocycles. The monoisotopic (exact) mass is 283 g/mol. The Bertz CT molecular complexity index is 327. The fourth-order valence-electron chi connectivity index (χ4n) is 1.58. The third-order valence-corrected chi connectivity index (χ3v) is 3.16. The topological polar surface area (TPSA) is 33.1 Å². The lowest BCUT2D eigenvalue weighted by Crippen LogP contribution is -2.01. The molecule has 0 fully saturated rings. The van der Waals surface area contributed by atoms with Gasteiger partial charge >= 0.3 is 0 Å². The van der Waals surface area contributed by atoms with E-state index in [0.717, 1.165) is 42.3 Å². The average molecular weight is 284 g/mol. The lowest BCUT2D eigenvalue weighted by Gasteiger charge is -2.11. The summed E-state index contributed by atoms with van der Waals surface area (Å²) in [7, 11) is 0. The first-order chi connectivity index (χ1) is 7.75. The Morgan fingerprint density at radius 1 is 1.44 bits per heavy atom. The highest BCUT2D eigenvalue weighted by molar-refractivity contribution is 9.10. The van der Waals surface area contributed by atoms with E-state index in [1.165, 1.54) is 0 Å². The van der Waals surface area contributed by atoms with E-state index in [2.05, 4.69) is 27.5 Å².